The molecule has 4 aromatic rings. The zero-order valence-corrected chi connectivity index (χ0v) is 16.5. The molecule has 0 saturated carbocycles. The molecule has 0 bridgehead atoms. The number of thiazole rings is 1. The van der Waals surface area contributed by atoms with Crippen LogP contribution >= 0.6 is 22.9 Å². The molecule has 28 heavy (non-hydrogen) atoms. The summed E-state index contributed by atoms with van der Waals surface area (Å²) in [6.07, 6.45) is 1.68. The van der Waals surface area contributed by atoms with Crippen molar-refractivity contribution in [2.45, 2.75) is 13.5 Å². The maximum absolute atomic E-state index is 13.3. The highest BCUT2D eigenvalue weighted by molar-refractivity contribution is 7.22. The largest absolute Gasteiger partial charge is 0.278 e. The molecule has 4 nitrogen and oxygen atoms in total. The predicted octanol–water partition coefficient (Wildman–Crippen LogP) is 5.64. The molecule has 2 heterocycles. The Kier molecular flexibility index (Phi) is 5.07. The average Bonchev–Trinajstić information content (AvgIpc) is 3.15. The van der Waals surface area contributed by atoms with Crippen molar-refractivity contribution in [3.63, 3.8) is 0 Å². The zero-order chi connectivity index (χ0) is 19.7. The fourth-order valence-electron chi connectivity index (χ4n) is 2.83. The van der Waals surface area contributed by atoms with E-state index in [0.717, 1.165) is 21.5 Å². The monoisotopic (exact) mass is 411 g/mol. The number of amides is 1. The number of hydrogen-bond acceptors (Lipinski definition) is 4. The third-order valence-corrected chi connectivity index (χ3v) is 5.80. The number of carbonyl (C=O) groups is 1. The summed E-state index contributed by atoms with van der Waals surface area (Å²) in [5.74, 6) is -0.661. The van der Waals surface area contributed by atoms with E-state index in [1.54, 1.807) is 11.1 Å². The Morgan fingerprint density at radius 3 is 2.64 bits per heavy atom. The van der Waals surface area contributed by atoms with E-state index in [1.165, 1.54) is 35.6 Å². The SMILES string of the molecule is Cc1c(Cl)ccc2sc(N(Cc3ccccn3)C(=O)c3ccc(F)cc3)nc12. The van der Waals surface area contributed by atoms with Gasteiger partial charge in [0, 0.05) is 16.8 Å². The van der Waals surface area contributed by atoms with Crippen LogP contribution in [0.4, 0.5) is 9.52 Å². The Labute approximate surface area is 170 Å². The van der Waals surface area contributed by atoms with Gasteiger partial charge in [-0.05, 0) is 61.0 Å². The maximum Gasteiger partial charge on any atom is 0.260 e. The molecule has 0 unspecified atom stereocenters. The van der Waals surface area contributed by atoms with Crippen molar-refractivity contribution >= 4 is 44.2 Å². The first kappa shape index (κ1) is 18.5. The molecule has 0 radical (unpaired) electrons. The van der Waals surface area contributed by atoms with Crippen LogP contribution < -0.4 is 4.90 Å². The van der Waals surface area contributed by atoms with Gasteiger partial charge in [0.25, 0.3) is 5.91 Å². The lowest BCUT2D eigenvalue weighted by molar-refractivity contribution is 0.0985. The van der Waals surface area contributed by atoms with Crippen LogP contribution in [-0.4, -0.2) is 15.9 Å². The van der Waals surface area contributed by atoms with E-state index in [0.29, 0.717) is 15.7 Å². The van der Waals surface area contributed by atoms with Crippen LogP contribution in [0.5, 0.6) is 0 Å². The Morgan fingerprint density at radius 2 is 1.93 bits per heavy atom. The average molecular weight is 412 g/mol. The fourth-order valence-corrected chi connectivity index (χ4v) is 4.01. The van der Waals surface area contributed by atoms with Crippen LogP contribution in [0.1, 0.15) is 21.6 Å². The van der Waals surface area contributed by atoms with Crippen LogP contribution in [0.2, 0.25) is 5.02 Å². The van der Waals surface area contributed by atoms with Gasteiger partial charge < -0.3 is 0 Å². The van der Waals surface area contributed by atoms with Gasteiger partial charge in [-0.1, -0.05) is 29.0 Å². The van der Waals surface area contributed by atoms with E-state index in [-0.39, 0.29) is 12.5 Å². The highest BCUT2D eigenvalue weighted by atomic mass is 35.5. The van der Waals surface area contributed by atoms with Gasteiger partial charge in [0.1, 0.15) is 5.82 Å². The molecule has 7 heteroatoms. The number of halogens is 2. The number of nitrogens with zero attached hydrogens (tertiary/aromatic N) is 3. The number of pyridine rings is 1. The first-order valence-electron chi connectivity index (χ1n) is 8.56. The molecule has 0 aliphatic carbocycles. The summed E-state index contributed by atoms with van der Waals surface area (Å²) in [5.41, 5.74) is 2.75. The number of fused-ring (bicyclic) bond motifs is 1. The molecule has 0 fully saturated rings. The lowest BCUT2D eigenvalue weighted by Crippen LogP contribution is -2.30. The van der Waals surface area contributed by atoms with Crippen LogP contribution in [0.25, 0.3) is 10.2 Å². The van der Waals surface area contributed by atoms with Crippen molar-refractivity contribution in [3.8, 4) is 0 Å². The van der Waals surface area contributed by atoms with Gasteiger partial charge >= 0.3 is 0 Å². The van der Waals surface area contributed by atoms with E-state index in [1.807, 2.05) is 37.3 Å². The van der Waals surface area contributed by atoms with Crippen LogP contribution in [0.3, 0.4) is 0 Å². The Hall–Kier alpha value is -2.83. The number of carbonyl (C=O) groups excluding carboxylic acids is 1. The normalized spacial score (nSPS) is 11.0. The predicted molar refractivity (Wildman–Crippen MR) is 111 cm³/mol. The van der Waals surface area contributed by atoms with Gasteiger partial charge in [0.15, 0.2) is 5.13 Å². The van der Waals surface area contributed by atoms with Crippen LogP contribution in [0, 0.1) is 12.7 Å². The van der Waals surface area contributed by atoms with Gasteiger partial charge in [0.05, 0.1) is 22.5 Å². The smallest absolute Gasteiger partial charge is 0.260 e. The fraction of sp³-hybridized carbons (Fsp3) is 0.0952. The summed E-state index contributed by atoms with van der Waals surface area (Å²) in [7, 11) is 0. The zero-order valence-electron chi connectivity index (χ0n) is 14.9. The molecule has 0 spiro atoms. The molecule has 140 valence electrons. The summed E-state index contributed by atoms with van der Waals surface area (Å²) >= 11 is 7.63. The molecule has 2 aromatic heterocycles. The molecule has 0 atom stereocenters. The number of anilines is 1. The molecular weight excluding hydrogens is 397 g/mol. The van der Waals surface area contributed by atoms with Gasteiger partial charge in [0.2, 0.25) is 0 Å². The second-order valence-electron chi connectivity index (χ2n) is 6.23. The highest BCUT2D eigenvalue weighted by Crippen LogP contribution is 2.34. The summed E-state index contributed by atoms with van der Waals surface area (Å²) in [4.78, 5) is 23.8. The van der Waals surface area contributed by atoms with E-state index in [2.05, 4.69) is 9.97 Å². The second-order valence-corrected chi connectivity index (χ2v) is 7.65. The molecule has 0 aliphatic heterocycles. The molecule has 2 aromatic carbocycles. The first-order chi connectivity index (χ1) is 13.5. The Balaban J connectivity index is 1.79. The minimum atomic E-state index is -0.391. The number of benzene rings is 2. The summed E-state index contributed by atoms with van der Waals surface area (Å²) in [6.45, 7) is 2.16. The molecule has 4 rings (SSSR count). The minimum absolute atomic E-state index is 0.254. The van der Waals surface area contributed by atoms with Crippen LogP contribution in [-0.2, 0) is 6.54 Å². The van der Waals surface area contributed by atoms with Crippen molar-refractivity contribution in [3.05, 3.63) is 88.5 Å². The lowest BCUT2D eigenvalue weighted by atomic mass is 10.2. The molecule has 1 amide bonds. The van der Waals surface area contributed by atoms with Crippen molar-refractivity contribution in [2.75, 3.05) is 4.90 Å². The third-order valence-electron chi connectivity index (χ3n) is 4.35. The third kappa shape index (κ3) is 3.61. The van der Waals surface area contributed by atoms with Crippen molar-refractivity contribution in [1.29, 1.82) is 0 Å². The first-order valence-corrected chi connectivity index (χ1v) is 9.75. The number of rotatable bonds is 4. The van der Waals surface area contributed by atoms with Gasteiger partial charge in [-0.25, -0.2) is 9.37 Å². The van der Waals surface area contributed by atoms with Crippen molar-refractivity contribution < 1.29 is 9.18 Å². The standard InChI is InChI=1S/C21H15ClFN3OS/c1-13-17(22)9-10-18-19(13)25-21(28-18)26(12-16-4-2-3-11-24-16)20(27)14-5-7-15(23)8-6-14/h2-11H,12H2,1H3. The molecule has 0 N–H and O–H groups in total. The van der Waals surface area contributed by atoms with E-state index in [9.17, 15) is 9.18 Å². The summed E-state index contributed by atoms with van der Waals surface area (Å²) in [6, 6.07) is 14.7. The number of hydrogen-bond donors (Lipinski definition) is 0. The number of aryl methyl sites for hydroxylation is 1. The van der Waals surface area contributed by atoms with Crippen molar-refractivity contribution in [1.82, 2.24) is 9.97 Å². The summed E-state index contributed by atoms with van der Waals surface area (Å²) < 4.78 is 14.2. The van der Waals surface area contributed by atoms with Crippen LogP contribution in [0.15, 0.2) is 60.8 Å². The number of aromatic nitrogens is 2. The quantitative estimate of drug-likeness (QED) is 0.436. The molecule has 0 aliphatic rings. The topological polar surface area (TPSA) is 46.1 Å². The van der Waals surface area contributed by atoms with Gasteiger partial charge in [-0.15, -0.1) is 0 Å². The molecule has 0 saturated heterocycles. The van der Waals surface area contributed by atoms with Crippen molar-refractivity contribution in [2.24, 2.45) is 0 Å². The van der Waals surface area contributed by atoms with E-state index >= 15 is 0 Å². The maximum atomic E-state index is 13.3. The lowest BCUT2D eigenvalue weighted by Gasteiger charge is -2.19. The van der Waals surface area contributed by atoms with Gasteiger partial charge in [-0.2, -0.15) is 0 Å². The molecular formula is C21H15ClFN3OS. The van der Waals surface area contributed by atoms with Gasteiger partial charge in [-0.3, -0.25) is 14.7 Å². The van der Waals surface area contributed by atoms with E-state index < -0.39 is 5.82 Å². The highest BCUT2D eigenvalue weighted by Gasteiger charge is 2.23. The minimum Gasteiger partial charge on any atom is -0.278 e. The summed E-state index contributed by atoms with van der Waals surface area (Å²) in [5, 5.41) is 1.17. The Bertz CT molecular complexity index is 1150. The Morgan fingerprint density at radius 1 is 1.14 bits per heavy atom. The van der Waals surface area contributed by atoms with E-state index in [4.69, 9.17) is 11.6 Å². The second kappa shape index (κ2) is 7.66.